The lowest BCUT2D eigenvalue weighted by atomic mass is 10.1. The van der Waals surface area contributed by atoms with E-state index in [1.54, 1.807) is 6.92 Å². The molecule has 0 saturated carbocycles. The first-order valence-corrected chi connectivity index (χ1v) is 6.83. The molecule has 1 aromatic carbocycles. The lowest BCUT2D eigenvalue weighted by Gasteiger charge is -2.26. The third-order valence-electron chi connectivity index (χ3n) is 3.34. The van der Waals surface area contributed by atoms with Gasteiger partial charge in [0, 0.05) is 11.0 Å². The number of carbonyl (C=O) groups excluding carboxylic acids is 1. The number of aliphatic hydroxyl groups excluding tert-OH is 1. The first-order valence-electron chi connectivity index (χ1n) is 6.04. The van der Waals surface area contributed by atoms with E-state index >= 15 is 0 Å². The number of anilines is 1. The molecular formula is C13H17BrN2O2. The summed E-state index contributed by atoms with van der Waals surface area (Å²) in [5.74, 6) is -0.279. The van der Waals surface area contributed by atoms with E-state index in [1.807, 2.05) is 23.1 Å². The van der Waals surface area contributed by atoms with Crippen LogP contribution in [0.1, 0.15) is 31.4 Å². The molecule has 1 fully saturated rings. The highest BCUT2D eigenvalue weighted by molar-refractivity contribution is 9.10. The SMILES string of the molecule is CC(O)c1ccc(N2CCCC2C(N)=O)c(Br)c1. The van der Waals surface area contributed by atoms with Crippen molar-refractivity contribution in [2.45, 2.75) is 31.9 Å². The van der Waals surface area contributed by atoms with Crippen LogP contribution in [0.4, 0.5) is 5.69 Å². The molecule has 2 unspecified atom stereocenters. The first kappa shape index (κ1) is 13.4. The minimum absolute atomic E-state index is 0.223. The molecule has 0 bridgehead atoms. The quantitative estimate of drug-likeness (QED) is 0.896. The number of nitrogens with zero attached hydrogens (tertiary/aromatic N) is 1. The minimum atomic E-state index is -0.499. The molecule has 18 heavy (non-hydrogen) atoms. The molecule has 1 aliphatic rings. The third-order valence-corrected chi connectivity index (χ3v) is 3.98. The number of nitrogens with two attached hydrogens (primary N) is 1. The average Bonchev–Trinajstić information content (AvgIpc) is 2.77. The molecule has 0 radical (unpaired) electrons. The highest BCUT2D eigenvalue weighted by Gasteiger charge is 2.30. The van der Waals surface area contributed by atoms with Gasteiger partial charge in [0.1, 0.15) is 6.04 Å². The van der Waals surface area contributed by atoms with Crippen LogP contribution in [0.15, 0.2) is 22.7 Å². The number of primary amides is 1. The van der Waals surface area contributed by atoms with Crippen molar-refractivity contribution >= 4 is 27.5 Å². The lowest BCUT2D eigenvalue weighted by Crippen LogP contribution is -2.40. The van der Waals surface area contributed by atoms with Gasteiger partial charge >= 0.3 is 0 Å². The number of carbonyl (C=O) groups is 1. The standard InChI is InChI=1S/C13H17BrN2O2/c1-8(17)9-4-5-11(10(14)7-9)16-6-2-3-12(16)13(15)18/h4-5,7-8,12,17H,2-3,6H2,1H3,(H2,15,18). The summed E-state index contributed by atoms with van der Waals surface area (Å²) in [6, 6.07) is 5.46. The van der Waals surface area contributed by atoms with Gasteiger partial charge < -0.3 is 15.7 Å². The van der Waals surface area contributed by atoms with Crippen LogP contribution in [0.25, 0.3) is 0 Å². The number of hydrogen-bond acceptors (Lipinski definition) is 3. The Bertz CT molecular complexity index is 462. The Morgan fingerprint density at radius 1 is 1.61 bits per heavy atom. The topological polar surface area (TPSA) is 66.6 Å². The molecule has 1 amide bonds. The van der Waals surface area contributed by atoms with E-state index in [4.69, 9.17) is 5.73 Å². The summed E-state index contributed by atoms with van der Waals surface area (Å²) in [7, 11) is 0. The molecule has 0 aromatic heterocycles. The van der Waals surface area contributed by atoms with Crippen LogP contribution < -0.4 is 10.6 Å². The van der Waals surface area contributed by atoms with Crippen molar-refractivity contribution in [2.75, 3.05) is 11.4 Å². The maximum atomic E-state index is 11.4. The summed E-state index contributed by atoms with van der Waals surface area (Å²) >= 11 is 3.50. The van der Waals surface area contributed by atoms with Gasteiger partial charge in [-0.05, 0) is 53.4 Å². The van der Waals surface area contributed by atoms with Crippen molar-refractivity contribution in [3.63, 3.8) is 0 Å². The molecule has 2 atom stereocenters. The molecule has 5 heteroatoms. The van der Waals surface area contributed by atoms with Crippen LogP contribution in [0, 0.1) is 0 Å². The summed E-state index contributed by atoms with van der Waals surface area (Å²) in [5.41, 5.74) is 7.22. The summed E-state index contributed by atoms with van der Waals surface area (Å²) in [6.45, 7) is 2.56. The normalized spacial score (nSPS) is 21.1. The van der Waals surface area contributed by atoms with E-state index < -0.39 is 6.10 Å². The largest absolute Gasteiger partial charge is 0.389 e. The lowest BCUT2D eigenvalue weighted by molar-refractivity contribution is -0.119. The number of benzene rings is 1. The monoisotopic (exact) mass is 312 g/mol. The Hall–Kier alpha value is -1.07. The zero-order chi connectivity index (χ0) is 13.3. The molecule has 98 valence electrons. The predicted octanol–water partition coefficient (Wildman–Crippen LogP) is 1.96. The van der Waals surface area contributed by atoms with E-state index in [2.05, 4.69) is 15.9 Å². The zero-order valence-electron chi connectivity index (χ0n) is 10.3. The van der Waals surface area contributed by atoms with Crippen molar-refractivity contribution < 1.29 is 9.90 Å². The molecule has 3 N–H and O–H groups in total. The number of amides is 1. The molecule has 0 spiro atoms. The Labute approximate surface area is 115 Å². The van der Waals surface area contributed by atoms with E-state index in [0.29, 0.717) is 0 Å². The fourth-order valence-electron chi connectivity index (χ4n) is 2.37. The number of aliphatic hydroxyl groups is 1. The molecular weight excluding hydrogens is 296 g/mol. The zero-order valence-corrected chi connectivity index (χ0v) is 11.9. The first-order chi connectivity index (χ1) is 8.50. The second kappa shape index (κ2) is 5.28. The van der Waals surface area contributed by atoms with Crippen LogP contribution in [0.3, 0.4) is 0 Å². The van der Waals surface area contributed by atoms with Crippen molar-refractivity contribution in [1.29, 1.82) is 0 Å². The fraction of sp³-hybridized carbons (Fsp3) is 0.462. The number of halogens is 1. The fourth-order valence-corrected chi connectivity index (χ4v) is 2.99. The number of rotatable bonds is 3. The average molecular weight is 313 g/mol. The molecule has 0 aliphatic carbocycles. The van der Waals surface area contributed by atoms with Crippen LogP contribution in [-0.4, -0.2) is 23.6 Å². The van der Waals surface area contributed by atoms with Crippen LogP contribution in [-0.2, 0) is 4.79 Å². The van der Waals surface area contributed by atoms with Crippen LogP contribution in [0.2, 0.25) is 0 Å². The van der Waals surface area contributed by atoms with Gasteiger partial charge in [-0.15, -0.1) is 0 Å². The van der Waals surface area contributed by atoms with Gasteiger partial charge in [-0.1, -0.05) is 6.07 Å². The molecule has 1 heterocycles. The number of hydrogen-bond donors (Lipinski definition) is 2. The Morgan fingerprint density at radius 3 is 2.89 bits per heavy atom. The third kappa shape index (κ3) is 2.52. The Kier molecular flexibility index (Phi) is 3.92. The van der Waals surface area contributed by atoms with Gasteiger partial charge in [0.05, 0.1) is 11.8 Å². The van der Waals surface area contributed by atoms with Crippen molar-refractivity contribution in [3.8, 4) is 0 Å². The summed E-state index contributed by atoms with van der Waals surface area (Å²) in [6.07, 6.45) is 1.28. The maximum Gasteiger partial charge on any atom is 0.240 e. The molecule has 4 nitrogen and oxygen atoms in total. The van der Waals surface area contributed by atoms with E-state index in [-0.39, 0.29) is 11.9 Å². The van der Waals surface area contributed by atoms with Gasteiger partial charge in [0.25, 0.3) is 0 Å². The van der Waals surface area contributed by atoms with Crippen molar-refractivity contribution in [2.24, 2.45) is 5.73 Å². The minimum Gasteiger partial charge on any atom is -0.389 e. The Morgan fingerprint density at radius 2 is 2.33 bits per heavy atom. The summed E-state index contributed by atoms with van der Waals surface area (Å²) in [4.78, 5) is 13.4. The summed E-state index contributed by atoms with van der Waals surface area (Å²) in [5, 5.41) is 9.54. The highest BCUT2D eigenvalue weighted by atomic mass is 79.9. The van der Waals surface area contributed by atoms with Gasteiger partial charge in [-0.25, -0.2) is 0 Å². The van der Waals surface area contributed by atoms with Gasteiger partial charge in [-0.2, -0.15) is 0 Å². The smallest absolute Gasteiger partial charge is 0.240 e. The van der Waals surface area contributed by atoms with Crippen molar-refractivity contribution in [1.82, 2.24) is 0 Å². The van der Waals surface area contributed by atoms with Crippen LogP contribution >= 0.6 is 15.9 Å². The van der Waals surface area contributed by atoms with E-state index in [9.17, 15) is 9.90 Å². The van der Waals surface area contributed by atoms with Gasteiger partial charge in [0.2, 0.25) is 5.91 Å². The Balaban J connectivity index is 2.31. The molecule has 1 saturated heterocycles. The van der Waals surface area contributed by atoms with E-state index in [0.717, 1.165) is 35.1 Å². The second-order valence-corrected chi connectivity index (χ2v) is 5.49. The summed E-state index contributed by atoms with van der Waals surface area (Å²) < 4.78 is 0.883. The van der Waals surface area contributed by atoms with Gasteiger partial charge in [-0.3, -0.25) is 4.79 Å². The molecule has 1 aliphatic heterocycles. The highest BCUT2D eigenvalue weighted by Crippen LogP contribution is 2.33. The molecule has 1 aromatic rings. The second-order valence-electron chi connectivity index (χ2n) is 4.64. The van der Waals surface area contributed by atoms with E-state index in [1.165, 1.54) is 0 Å². The van der Waals surface area contributed by atoms with Crippen molar-refractivity contribution in [3.05, 3.63) is 28.2 Å². The molecule has 2 rings (SSSR count). The maximum absolute atomic E-state index is 11.4. The van der Waals surface area contributed by atoms with Crippen LogP contribution in [0.5, 0.6) is 0 Å². The predicted molar refractivity (Wildman–Crippen MR) is 74.3 cm³/mol. The van der Waals surface area contributed by atoms with Gasteiger partial charge in [0.15, 0.2) is 0 Å².